The highest BCUT2D eigenvalue weighted by atomic mass is 16.2. The van der Waals surface area contributed by atoms with Gasteiger partial charge in [0.1, 0.15) is 0 Å². The second kappa shape index (κ2) is 5.85. The van der Waals surface area contributed by atoms with Crippen molar-refractivity contribution in [3.63, 3.8) is 0 Å². The van der Waals surface area contributed by atoms with Crippen LogP contribution < -0.4 is 10.6 Å². The first kappa shape index (κ1) is 14.1. The zero-order chi connectivity index (χ0) is 14.8. The number of rotatable bonds is 2. The molecule has 0 radical (unpaired) electrons. The van der Waals surface area contributed by atoms with Gasteiger partial charge in [0.25, 0.3) is 0 Å². The summed E-state index contributed by atoms with van der Waals surface area (Å²) >= 11 is 0. The predicted molar refractivity (Wildman–Crippen MR) is 79.6 cm³/mol. The minimum absolute atomic E-state index is 0.0452. The summed E-state index contributed by atoms with van der Waals surface area (Å²) in [4.78, 5) is 26.1. The number of urea groups is 1. The molecule has 3 atom stereocenters. The molecule has 112 valence electrons. The summed E-state index contributed by atoms with van der Waals surface area (Å²) < 4.78 is 0. The van der Waals surface area contributed by atoms with Crippen molar-refractivity contribution in [1.29, 1.82) is 0 Å². The molecule has 0 aromatic heterocycles. The van der Waals surface area contributed by atoms with Crippen LogP contribution in [0, 0.1) is 11.8 Å². The molecule has 0 aliphatic carbocycles. The first-order valence-corrected chi connectivity index (χ1v) is 7.52. The average molecular weight is 287 g/mol. The molecule has 2 aliphatic heterocycles. The van der Waals surface area contributed by atoms with Gasteiger partial charge in [0.15, 0.2) is 0 Å². The SMILES string of the molecule is C[C@@H](NC(=O)N1CC2CNCC(C2)C1=O)c1ccccc1. The van der Waals surface area contributed by atoms with E-state index in [1.807, 2.05) is 37.3 Å². The number of nitrogens with zero attached hydrogens (tertiary/aromatic N) is 1. The molecular weight excluding hydrogens is 266 g/mol. The zero-order valence-corrected chi connectivity index (χ0v) is 12.2. The molecule has 2 N–H and O–H groups in total. The Morgan fingerprint density at radius 2 is 2.10 bits per heavy atom. The highest BCUT2D eigenvalue weighted by Crippen LogP contribution is 2.26. The van der Waals surface area contributed by atoms with E-state index in [1.165, 1.54) is 4.90 Å². The van der Waals surface area contributed by atoms with Crippen LogP contribution in [0.15, 0.2) is 30.3 Å². The van der Waals surface area contributed by atoms with Gasteiger partial charge in [-0.05, 0) is 31.4 Å². The highest BCUT2D eigenvalue weighted by Gasteiger charge is 2.39. The third-order valence-corrected chi connectivity index (χ3v) is 4.38. The number of fused-ring (bicyclic) bond motifs is 2. The van der Waals surface area contributed by atoms with Gasteiger partial charge in [-0.1, -0.05) is 30.3 Å². The van der Waals surface area contributed by atoms with E-state index >= 15 is 0 Å². The summed E-state index contributed by atoms with van der Waals surface area (Å²) in [7, 11) is 0. The fourth-order valence-corrected chi connectivity index (χ4v) is 3.20. The van der Waals surface area contributed by atoms with Crippen molar-refractivity contribution < 1.29 is 9.59 Å². The molecule has 3 rings (SSSR count). The van der Waals surface area contributed by atoms with Gasteiger partial charge in [0.05, 0.1) is 12.0 Å². The number of hydrogen-bond donors (Lipinski definition) is 2. The van der Waals surface area contributed by atoms with Crippen molar-refractivity contribution in [3.8, 4) is 0 Å². The second-order valence-corrected chi connectivity index (χ2v) is 5.99. The molecule has 1 aromatic rings. The van der Waals surface area contributed by atoms with Crippen LogP contribution in [0.3, 0.4) is 0 Å². The van der Waals surface area contributed by atoms with Crippen LogP contribution in [0.25, 0.3) is 0 Å². The molecule has 3 amide bonds. The van der Waals surface area contributed by atoms with E-state index in [0.717, 1.165) is 18.5 Å². The zero-order valence-electron chi connectivity index (χ0n) is 12.2. The maximum atomic E-state index is 12.4. The van der Waals surface area contributed by atoms with Crippen LogP contribution >= 0.6 is 0 Å². The Hall–Kier alpha value is -1.88. The van der Waals surface area contributed by atoms with E-state index in [1.54, 1.807) is 0 Å². The molecule has 0 saturated carbocycles. The van der Waals surface area contributed by atoms with E-state index in [9.17, 15) is 9.59 Å². The van der Waals surface area contributed by atoms with Crippen molar-refractivity contribution in [2.75, 3.05) is 19.6 Å². The van der Waals surface area contributed by atoms with Crippen LogP contribution in [0.4, 0.5) is 4.79 Å². The average Bonchev–Trinajstić information content (AvgIpc) is 2.52. The Balaban J connectivity index is 1.66. The standard InChI is InChI=1S/C16H21N3O2/c1-11(13-5-3-2-4-6-13)18-16(21)19-10-12-7-14(15(19)20)9-17-8-12/h2-6,11-12,14,17H,7-10H2,1H3,(H,18,21)/t11-,12?,14?/m1/s1. The number of amides is 3. The van der Waals surface area contributed by atoms with E-state index in [4.69, 9.17) is 0 Å². The largest absolute Gasteiger partial charge is 0.331 e. The topological polar surface area (TPSA) is 61.4 Å². The number of likely N-dealkylation sites (tertiary alicyclic amines) is 1. The lowest BCUT2D eigenvalue weighted by Crippen LogP contribution is -2.58. The summed E-state index contributed by atoms with van der Waals surface area (Å²) in [6.45, 7) is 4.04. The van der Waals surface area contributed by atoms with Crippen molar-refractivity contribution >= 4 is 11.9 Å². The molecule has 2 aliphatic rings. The van der Waals surface area contributed by atoms with Crippen LogP contribution in [-0.4, -0.2) is 36.5 Å². The van der Waals surface area contributed by atoms with Gasteiger partial charge in [-0.25, -0.2) is 4.79 Å². The van der Waals surface area contributed by atoms with Crippen LogP contribution in [0.1, 0.15) is 24.9 Å². The van der Waals surface area contributed by atoms with Gasteiger partial charge >= 0.3 is 6.03 Å². The maximum Gasteiger partial charge on any atom is 0.324 e. The third kappa shape index (κ3) is 2.93. The van der Waals surface area contributed by atoms with Gasteiger partial charge in [-0.15, -0.1) is 0 Å². The number of imide groups is 1. The highest BCUT2D eigenvalue weighted by molar-refractivity contribution is 5.96. The van der Waals surface area contributed by atoms with Gasteiger partial charge < -0.3 is 10.6 Å². The summed E-state index contributed by atoms with van der Waals surface area (Å²) in [5, 5.41) is 6.20. The Morgan fingerprint density at radius 3 is 2.86 bits per heavy atom. The molecule has 5 nitrogen and oxygen atoms in total. The van der Waals surface area contributed by atoms with Gasteiger partial charge in [0, 0.05) is 13.1 Å². The molecule has 2 bridgehead atoms. The lowest BCUT2D eigenvalue weighted by atomic mass is 9.85. The molecular formula is C16H21N3O2. The summed E-state index contributed by atoms with van der Waals surface area (Å²) in [5.41, 5.74) is 1.04. The molecule has 2 heterocycles. The van der Waals surface area contributed by atoms with E-state index < -0.39 is 0 Å². The Bertz CT molecular complexity index is 532. The Morgan fingerprint density at radius 1 is 1.33 bits per heavy atom. The summed E-state index contributed by atoms with van der Waals surface area (Å²) in [6, 6.07) is 9.41. The lowest BCUT2D eigenvalue weighted by Gasteiger charge is -2.40. The predicted octanol–water partition coefficient (Wildman–Crippen LogP) is 1.53. The first-order chi connectivity index (χ1) is 10.1. The Kier molecular flexibility index (Phi) is 3.92. The molecule has 2 fully saturated rings. The number of benzene rings is 1. The number of carbonyl (C=O) groups is 2. The number of piperidine rings is 2. The normalized spacial score (nSPS) is 26.3. The van der Waals surface area contributed by atoms with Crippen molar-refractivity contribution in [2.24, 2.45) is 11.8 Å². The first-order valence-electron chi connectivity index (χ1n) is 7.52. The maximum absolute atomic E-state index is 12.4. The fourth-order valence-electron chi connectivity index (χ4n) is 3.20. The molecule has 2 saturated heterocycles. The summed E-state index contributed by atoms with van der Waals surface area (Å²) in [6.07, 6.45) is 0.907. The molecule has 2 unspecified atom stereocenters. The van der Waals surface area contributed by atoms with Crippen LogP contribution in [-0.2, 0) is 4.79 Å². The van der Waals surface area contributed by atoms with E-state index in [0.29, 0.717) is 19.0 Å². The third-order valence-electron chi connectivity index (χ3n) is 4.38. The smallest absolute Gasteiger partial charge is 0.324 e. The quantitative estimate of drug-likeness (QED) is 0.867. The fraction of sp³-hybridized carbons (Fsp3) is 0.500. The van der Waals surface area contributed by atoms with Crippen molar-refractivity contribution in [2.45, 2.75) is 19.4 Å². The number of hydrogen-bond acceptors (Lipinski definition) is 3. The molecule has 0 spiro atoms. The second-order valence-electron chi connectivity index (χ2n) is 5.99. The van der Waals surface area contributed by atoms with Crippen molar-refractivity contribution in [3.05, 3.63) is 35.9 Å². The molecule has 5 heteroatoms. The van der Waals surface area contributed by atoms with E-state index in [2.05, 4.69) is 10.6 Å². The van der Waals surface area contributed by atoms with Gasteiger partial charge in [0.2, 0.25) is 5.91 Å². The minimum atomic E-state index is -0.270. The summed E-state index contributed by atoms with van der Waals surface area (Å²) in [5.74, 6) is 0.297. The van der Waals surface area contributed by atoms with Gasteiger partial charge in [-0.3, -0.25) is 9.69 Å². The van der Waals surface area contributed by atoms with Gasteiger partial charge in [-0.2, -0.15) is 0 Å². The van der Waals surface area contributed by atoms with Crippen LogP contribution in [0.5, 0.6) is 0 Å². The minimum Gasteiger partial charge on any atom is -0.331 e. The monoisotopic (exact) mass is 287 g/mol. The lowest BCUT2D eigenvalue weighted by molar-refractivity contribution is -0.137. The molecule has 21 heavy (non-hydrogen) atoms. The number of nitrogens with one attached hydrogen (secondary N) is 2. The van der Waals surface area contributed by atoms with Crippen molar-refractivity contribution in [1.82, 2.24) is 15.5 Å². The molecule has 1 aromatic carbocycles. The van der Waals surface area contributed by atoms with Crippen LogP contribution in [0.2, 0.25) is 0 Å². The van der Waals surface area contributed by atoms with E-state index in [-0.39, 0.29) is 23.9 Å². The Labute approximate surface area is 124 Å². The number of carbonyl (C=O) groups excluding carboxylic acids is 2.